The van der Waals surface area contributed by atoms with E-state index in [1.54, 1.807) is 9.20 Å². The van der Waals surface area contributed by atoms with Gasteiger partial charge in [-0.3, -0.25) is 9.67 Å². The van der Waals surface area contributed by atoms with Crippen molar-refractivity contribution in [2.75, 3.05) is 11.9 Å². The highest BCUT2D eigenvalue weighted by atomic mass is 32.1. The van der Waals surface area contributed by atoms with Gasteiger partial charge < -0.3 is 4.90 Å². The van der Waals surface area contributed by atoms with Crippen molar-refractivity contribution < 1.29 is 0 Å². The van der Waals surface area contributed by atoms with Crippen LogP contribution in [0.25, 0.3) is 27.0 Å². The third kappa shape index (κ3) is 2.63. The highest BCUT2D eigenvalue weighted by molar-refractivity contribution is 7.16. The SMILES string of the molecule is Cc1nn2c(N(C)c3ccc4ncc(-c5cnn(C)c5)cc4c3)nnc2s1. The van der Waals surface area contributed by atoms with Crippen LogP contribution in [0.5, 0.6) is 0 Å². The second kappa shape index (κ2) is 5.85. The number of hydrogen-bond donors (Lipinski definition) is 0. The fourth-order valence-corrected chi connectivity index (χ4v) is 3.76. The first kappa shape index (κ1) is 15.9. The maximum atomic E-state index is 4.58. The molecular formula is C18H16N8S. The first-order valence-corrected chi connectivity index (χ1v) is 9.21. The summed E-state index contributed by atoms with van der Waals surface area (Å²) >= 11 is 1.52. The summed E-state index contributed by atoms with van der Waals surface area (Å²) in [4.78, 5) is 7.35. The summed E-state index contributed by atoms with van der Waals surface area (Å²) in [6, 6.07) is 8.27. The van der Waals surface area contributed by atoms with E-state index in [2.05, 4.69) is 37.5 Å². The molecule has 5 rings (SSSR count). The Morgan fingerprint density at radius 3 is 2.78 bits per heavy atom. The van der Waals surface area contributed by atoms with Gasteiger partial charge in [0.05, 0.1) is 11.7 Å². The number of aromatic nitrogens is 7. The fraction of sp³-hybridized carbons (Fsp3) is 0.167. The van der Waals surface area contributed by atoms with Crippen molar-refractivity contribution in [3.05, 3.63) is 47.9 Å². The van der Waals surface area contributed by atoms with E-state index in [4.69, 9.17) is 0 Å². The Balaban J connectivity index is 1.58. The molecular weight excluding hydrogens is 360 g/mol. The van der Waals surface area contributed by atoms with E-state index in [0.29, 0.717) is 5.95 Å². The minimum atomic E-state index is 0.685. The maximum absolute atomic E-state index is 4.58. The number of anilines is 2. The predicted octanol–water partition coefficient (Wildman–Crippen LogP) is 3.21. The molecule has 0 saturated carbocycles. The molecule has 0 saturated heterocycles. The van der Waals surface area contributed by atoms with Gasteiger partial charge >= 0.3 is 0 Å². The van der Waals surface area contributed by atoms with Crippen LogP contribution < -0.4 is 4.90 Å². The lowest BCUT2D eigenvalue weighted by atomic mass is 10.1. The zero-order valence-corrected chi connectivity index (χ0v) is 15.8. The van der Waals surface area contributed by atoms with Crippen LogP contribution >= 0.6 is 11.3 Å². The largest absolute Gasteiger partial charge is 0.312 e. The lowest BCUT2D eigenvalue weighted by Gasteiger charge is -2.16. The van der Waals surface area contributed by atoms with Gasteiger partial charge in [0.1, 0.15) is 5.01 Å². The molecule has 0 atom stereocenters. The topological polar surface area (TPSA) is 77.0 Å². The quantitative estimate of drug-likeness (QED) is 0.481. The number of aryl methyl sites for hydroxylation is 2. The summed E-state index contributed by atoms with van der Waals surface area (Å²) in [6.07, 6.45) is 5.70. The van der Waals surface area contributed by atoms with Crippen LogP contribution in [0.3, 0.4) is 0 Å². The average molecular weight is 376 g/mol. The van der Waals surface area contributed by atoms with Crippen LogP contribution in [-0.4, -0.2) is 41.6 Å². The number of nitrogens with zero attached hydrogens (tertiary/aromatic N) is 8. The average Bonchev–Trinajstić information content (AvgIpc) is 3.35. The Hall–Kier alpha value is -3.33. The van der Waals surface area contributed by atoms with E-state index in [0.717, 1.165) is 37.7 Å². The van der Waals surface area contributed by atoms with E-state index in [-0.39, 0.29) is 0 Å². The third-order valence-corrected chi connectivity index (χ3v) is 5.28. The minimum absolute atomic E-state index is 0.685. The summed E-state index contributed by atoms with van der Waals surface area (Å²) < 4.78 is 3.56. The Morgan fingerprint density at radius 2 is 1.96 bits per heavy atom. The first-order chi connectivity index (χ1) is 13.1. The molecule has 5 aromatic rings. The summed E-state index contributed by atoms with van der Waals surface area (Å²) in [6.45, 7) is 1.96. The molecule has 0 unspecified atom stereocenters. The van der Waals surface area contributed by atoms with Crippen LogP contribution in [0.1, 0.15) is 5.01 Å². The molecule has 9 heteroatoms. The Labute approximate surface area is 158 Å². The molecule has 134 valence electrons. The summed E-state index contributed by atoms with van der Waals surface area (Å²) in [7, 11) is 3.87. The number of hydrogen-bond acceptors (Lipinski definition) is 7. The molecule has 0 N–H and O–H groups in total. The third-order valence-electron chi connectivity index (χ3n) is 4.47. The molecule has 0 fully saturated rings. The van der Waals surface area contributed by atoms with Gasteiger partial charge in [-0.1, -0.05) is 11.3 Å². The Bertz CT molecular complexity index is 1280. The standard InChI is InChI=1S/C18H16N8S/c1-11-23-26-17(21-22-18(26)27-11)25(3)15-4-5-16-12(7-15)6-13(8-19-16)14-9-20-24(2)10-14/h4-10H,1-3H3. The van der Waals surface area contributed by atoms with Crippen molar-refractivity contribution in [1.29, 1.82) is 0 Å². The van der Waals surface area contributed by atoms with Crippen LogP contribution in [0.15, 0.2) is 42.9 Å². The Kier molecular flexibility index (Phi) is 3.44. The summed E-state index contributed by atoms with van der Waals surface area (Å²) in [5.41, 5.74) is 4.02. The molecule has 0 bridgehead atoms. The van der Waals surface area contributed by atoms with Gasteiger partial charge in [-0.25, -0.2) is 0 Å². The molecule has 8 nitrogen and oxygen atoms in total. The van der Waals surface area contributed by atoms with Crippen molar-refractivity contribution in [2.45, 2.75) is 6.92 Å². The van der Waals surface area contributed by atoms with Crippen molar-refractivity contribution in [3.8, 4) is 11.1 Å². The smallest absolute Gasteiger partial charge is 0.253 e. The molecule has 0 aliphatic heterocycles. The van der Waals surface area contributed by atoms with Gasteiger partial charge in [0.2, 0.25) is 4.96 Å². The Morgan fingerprint density at radius 1 is 1.07 bits per heavy atom. The zero-order valence-electron chi connectivity index (χ0n) is 15.0. The van der Waals surface area contributed by atoms with Crippen molar-refractivity contribution >= 4 is 38.8 Å². The van der Waals surface area contributed by atoms with E-state index < -0.39 is 0 Å². The van der Waals surface area contributed by atoms with E-state index >= 15 is 0 Å². The number of benzene rings is 1. The molecule has 4 aromatic heterocycles. The van der Waals surface area contributed by atoms with Crippen LogP contribution in [0.2, 0.25) is 0 Å². The highest BCUT2D eigenvalue weighted by Crippen LogP contribution is 2.29. The number of pyridine rings is 1. The van der Waals surface area contributed by atoms with Crippen LogP contribution in [0, 0.1) is 6.92 Å². The minimum Gasteiger partial charge on any atom is -0.312 e. The lowest BCUT2D eigenvalue weighted by Crippen LogP contribution is -2.13. The molecule has 0 radical (unpaired) electrons. The first-order valence-electron chi connectivity index (χ1n) is 8.40. The van der Waals surface area contributed by atoms with Crippen LogP contribution in [0.4, 0.5) is 11.6 Å². The zero-order chi connectivity index (χ0) is 18.5. The van der Waals surface area contributed by atoms with Gasteiger partial charge in [-0.15, -0.1) is 10.2 Å². The number of fused-ring (bicyclic) bond motifs is 2. The van der Waals surface area contributed by atoms with Crippen molar-refractivity contribution in [3.63, 3.8) is 0 Å². The highest BCUT2D eigenvalue weighted by Gasteiger charge is 2.15. The summed E-state index contributed by atoms with van der Waals surface area (Å²) in [5, 5.41) is 19.2. The second-order valence-corrected chi connectivity index (χ2v) is 7.54. The predicted molar refractivity (Wildman–Crippen MR) is 105 cm³/mol. The van der Waals surface area contributed by atoms with Gasteiger partial charge in [-0.2, -0.15) is 14.7 Å². The van der Waals surface area contributed by atoms with Gasteiger partial charge in [-0.05, 0) is 31.2 Å². The van der Waals surface area contributed by atoms with E-state index in [1.807, 2.05) is 56.6 Å². The van der Waals surface area contributed by atoms with Crippen molar-refractivity contribution in [2.24, 2.45) is 7.05 Å². The monoisotopic (exact) mass is 376 g/mol. The van der Waals surface area contributed by atoms with Crippen LogP contribution in [-0.2, 0) is 7.05 Å². The fourth-order valence-electron chi connectivity index (χ4n) is 3.08. The molecule has 0 aliphatic rings. The van der Waals surface area contributed by atoms with E-state index in [1.165, 1.54) is 11.3 Å². The maximum Gasteiger partial charge on any atom is 0.253 e. The second-order valence-electron chi connectivity index (χ2n) is 6.38. The molecule has 1 aromatic carbocycles. The molecule has 0 amide bonds. The molecule has 0 spiro atoms. The normalized spacial score (nSPS) is 11.5. The van der Waals surface area contributed by atoms with Crippen molar-refractivity contribution in [1.82, 2.24) is 34.6 Å². The lowest BCUT2D eigenvalue weighted by molar-refractivity contribution is 0.768. The molecule has 27 heavy (non-hydrogen) atoms. The van der Waals surface area contributed by atoms with Gasteiger partial charge in [0.25, 0.3) is 5.95 Å². The van der Waals surface area contributed by atoms with Gasteiger partial charge in [0.15, 0.2) is 0 Å². The molecule has 0 aliphatic carbocycles. The van der Waals surface area contributed by atoms with Gasteiger partial charge in [0, 0.05) is 48.7 Å². The number of rotatable bonds is 3. The summed E-state index contributed by atoms with van der Waals surface area (Å²) in [5.74, 6) is 0.685. The van der Waals surface area contributed by atoms with E-state index in [9.17, 15) is 0 Å². The molecule has 4 heterocycles.